The second kappa shape index (κ2) is 7.67. The molecule has 1 aliphatic rings. The third-order valence-electron chi connectivity index (χ3n) is 4.78. The zero-order valence-electron chi connectivity index (χ0n) is 15.0. The normalized spacial score (nSPS) is 16.7. The van der Waals surface area contributed by atoms with Crippen molar-refractivity contribution < 1.29 is 4.79 Å². The fourth-order valence-corrected chi connectivity index (χ4v) is 3.15. The number of nitrogens with two attached hydrogens (primary N) is 1. The number of amides is 1. The summed E-state index contributed by atoms with van der Waals surface area (Å²) in [7, 11) is 0. The predicted octanol–water partition coefficient (Wildman–Crippen LogP) is 3.70. The van der Waals surface area contributed by atoms with Gasteiger partial charge in [-0.15, -0.1) is 12.3 Å². The van der Waals surface area contributed by atoms with Crippen LogP contribution >= 0.6 is 0 Å². The van der Waals surface area contributed by atoms with Crippen LogP contribution in [0, 0.1) is 12.3 Å². The highest BCUT2D eigenvalue weighted by molar-refractivity contribution is 5.83. The first-order valence-corrected chi connectivity index (χ1v) is 8.94. The molecule has 3 N–H and O–H groups in total. The minimum absolute atomic E-state index is 0.0437. The molecule has 5 heteroatoms. The van der Waals surface area contributed by atoms with Gasteiger partial charge in [-0.25, -0.2) is 0 Å². The van der Waals surface area contributed by atoms with Crippen LogP contribution in [0.25, 0.3) is 10.8 Å². The second-order valence-corrected chi connectivity index (χ2v) is 6.90. The lowest BCUT2D eigenvalue weighted by Gasteiger charge is -2.23. The molecule has 26 heavy (non-hydrogen) atoms. The molecule has 0 radical (unpaired) electrons. The van der Waals surface area contributed by atoms with Gasteiger partial charge in [0.25, 0.3) is 0 Å². The zero-order valence-corrected chi connectivity index (χ0v) is 15.0. The Morgan fingerprint density at radius 1 is 1.23 bits per heavy atom. The summed E-state index contributed by atoms with van der Waals surface area (Å²) in [5, 5.41) is 13.5. The highest BCUT2D eigenvalue weighted by atomic mass is 16.1. The molecular weight excluding hydrogens is 324 g/mol. The van der Waals surface area contributed by atoms with Gasteiger partial charge in [0, 0.05) is 31.7 Å². The van der Waals surface area contributed by atoms with Crippen LogP contribution in [-0.2, 0) is 4.79 Å². The Hall–Kier alpha value is -2.71. The van der Waals surface area contributed by atoms with Gasteiger partial charge >= 0.3 is 0 Å². The first-order valence-electron chi connectivity index (χ1n) is 8.94. The lowest BCUT2D eigenvalue weighted by atomic mass is 9.97. The summed E-state index contributed by atoms with van der Waals surface area (Å²) in [5.41, 5.74) is 6.72. The molecule has 5 nitrogen and oxygen atoms in total. The number of nitrogens with zero attached hydrogens (tertiary/aromatic N) is 2. The lowest BCUT2D eigenvalue weighted by molar-refractivity contribution is -0.122. The van der Waals surface area contributed by atoms with E-state index in [0.717, 1.165) is 10.9 Å². The van der Waals surface area contributed by atoms with Crippen LogP contribution in [0.4, 0.5) is 0 Å². The minimum Gasteiger partial charge on any atom is -0.348 e. The number of carbonyl (C=O) groups excluding carboxylic acids is 1. The van der Waals surface area contributed by atoms with Crippen molar-refractivity contribution in [2.75, 3.05) is 0 Å². The van der Waals surface area contributed by atoms with E-state index in [0.29, 0.717) is 25.7 Å². The van der Waals surface area contributed by atoms with Crippen molar-refractivity contribution in [3.05, 3.63) is 48.0 Å². The van der Waals surface area contributed by atoms with Crippen LogP contribution in [0.1, 0.15) is 44.2 Å². The van der Waals surface area contributed by atoms with Gasteiger partial charge < -0.3 is 11.1 Å². The largest absolute Gasteiger partial charge is 0.348 e. The Bertz CT molecular complexity index is 860. The van der Waals surface area contributed by atoms with Crippen LogP contribution in [0.2, 0.25) is 0 Å². The molecule has 2 aromatic rings. The fourth-order valence-electron chi connectivity index (χ4n) is 3.15. The van der Waals surface area contributed by atoms with E-state index in [9.17, 15) is 4.79 Å². The highest BCUT2D eigenvalue weighted by Gasteiger charge is 2.39. The summed E-state index contributed by atoms with van der Waals surface area (Å²) in [6.07, 6.45) is 7.56. The summed E-state index contributed by atoms with van der Waals surface area (Å²) in [6, 6.07) is 13.9. The van der Waals surface area contributed by atoms with Gasteiger partial charge in [0.05, 0.1) is 6.04 Å². The molecule has 1 heterocycles. The van der Waals surface area contributed by atoms with Crippen LogP contribution in [0.15, 0.2) is 52.7 Å². The fraction of sp³-hybridized carbons (Fsp3) is 0.381. The van der Waals surface area contributed by atoms with Crippen LogP contribution in [-0.4, -0.2) is 17.6 Å². The molecule has 0 spiro atoms. The molecule has 0 bridgehead atoms. The quantitative estimate of drug-likeness (QED) is 0.713. The van der Waals surface area contributed by atoms with Gasteiger partial charge in [0.2, 0.25) is 5.91 Å². The number of benzene rings is 2. The van der Waals surface area contributed by atoms with Crippen LogP contribution in [0.3, 0.4) is 0 Å². The predicted molar refractivity (Wildman–Crippen MR) is 103 cm³/mol. The molecule has 2 aromatic carbocycles. The number of hydrogen-bond donors (Lipinski definition) is 2. The van der Waals surface area contributed by atoms with Gasteiger partial charge in [-0.3, -0.25) is 4.79 Å². The van der Waals surface area contributed by atoms with Crippen molar-refractivity contribution in [1.82, 2.24) is 5.32 Å². The summed E-state index contributed by atoms with van der Waals surface area (Å²) >= 11 is 0. The third-order valence-corrected chi connectivity index (χ3v) is 4.78. The average Bonchev–Trinajstić information content (AvgIpc) is 3.42. The Morgan fingerprint density at radius 2 is 1.96 bits per heavy atom. The van der Waals surface area contributed by atoms with Crippen molar-refractivity contribution in [2.24, 2.45) is 16.0 Å². The summed E-state index contributed by atoms with van der Waals surface area (Å²) in [5.74, 6) is 2.55. The highest BCUT2D eigenvalue weighted by Crippen LogP contribution is 2.37. The summed E-state index contributed by atoms with van der Waals surface area (Å²) in [6.45, 7) is 1.90. The Labute approximate surface area is 154 Å². The summed E-state index contributed by atoms with van der Waals surface area (Å²) in [4.78, 5) is 12.5. The standard InChI is InChI=1S/C21H24N4O/c1-3-4-12-21(24-25-21)13-11-19(26)23-20(15(2)22)18-10-9-16-7-5-6-8-17(16)14-18/h1,5-10,14-15,20H,4,11-13,22H2,2H3,(H,23,26). The SMILES string of the molecule is C#CCCC1(CCC(=O)NC(c2ccc3ccccc3c2)C(C)N)N=N1. The Balaban J connectivity index is 1.64. The van der Waals surface area contributed by atoms with Crippen LogP contribution in [0.5, 0.6) is 0 Å². The molecule has 0 aromatic heterocycles. The van der Waals surface area contributed by atoms with Gasteiger partial charge in [0.1, 0.15) is 0 Å². The van der Waals surface area contributed by atoms with E-state index in [-0.39, 0.29) is 18.0 Å². The van der Waals surface area contributed by atoms with E-state index in [1.165, 1.54) is 5.39 Å². The van der Waals surface area contributed by atoms with Crippen molar-refractivity contribution in [1.29, 1.82) is 0 Å². The van der Waals surface area contributed by atoms with E-state index in [1.807, 2.05) is 25.1 Å². The molecule has 0 saturated heterocycles. The van der Waals surface area contributed by atoms with Gasteiger partial charge in [-0.2, -0.15) is 10.2 Å². The molecule has 0 aliphatic carbocycles. The second-order valence-electron chi connectivity index (χ2n) is 6.90. The Morgan fingerprint density at radius 3 is 2.62 bits per heavy atom. The first kappa shape index (κ1) is 18.1. The van der Waals surface area contributed by atoms with Crippen molar-refractivity contribution in [3.8, 4) is 12.3 Å². The van der Waals surface area contributed by atoms with Crippen LogP contribution < -0.4 is 11.1 Å². The maximum atomic E-state index is 12.5. The molecule has 2 atom stereocenters. The zero-order chi connectivity index (χ0) is 18.6. The molecule has 0 saturated carbocycles. The molecule has 134 valence electrons. The van der Waals surface area contributed by atoms with Gasteiger partial charge in [-0.1, -0.05) is 36.4 Å². The van der Waals surface area contributed by atoms with Gasteiger partial charge in [0.15, 0.2) is 5.66 Å². The maximum Gasteiger partial charge on any atom is 0.220 e. The van der Waals surface area contributed by atoms with Crippen molar-refractivity contribution in [2.45, 2.75) is 50.4 Å². The molecule has 1 amide bonds. The maximum absolute atomic E-state index is 12.5. The number of carbonyl (C=O) groups is 1. The number of rotatable bonds is 8. The monoisotopic (exact) mass is 348 g/mol. The molecule has 2 unspecified atom stereocenters. The number of nitrogens with one attached hydrogen (secondary N) is 1. The molecule has 0 fully saturated rings. The van der Waals surface area contributed by atoms with Crippen molar-refractivity contribution in [3.63, 3.8) is 0 Å². The number of fused-ring (bicyclic) bond motifs is 1. The number of hydrogen-bond acceptors (Lipinski definition) is 4. The van der Waals surface area contributed by atoms with Crippen molar-refractivity contribution >= 4 is 16.7 Å². The van der Waals surface area contributed by atoms with E-state index in [2.05, 4.69) is 45.7 Å². The number of terminal acetylenes is 1. The average molecular weight is 348 g/mol. The first-order chi connectivity index (χ1) is 12.5. The Kier molecular flexibility index (Phi) is 5.34. The third kappa shape index (κ3) is 4.27. The van der Waals surface area contributed by atoms with Gasteiger partial charge in [-0.05, 0) is 29.3 Å². The van der Waals surface area contributed by atoms with E-state index in [4.69, 9.17) is 12.2 Å². The lowest BCUT2D eigenvalue weighted by Crippen LogP contribution is -2.39. The van der Waals surface area contributed by atoms with E-state index < -0.39 is 5.66 Å². The van der Waals surface area contributed by atoms with E-state index in [1.54, 1.807) is 0 Å². The minimum atomic E-state index is -0.434. The summed E-state index contributed by atoms with van der Waals surface area (Å²) < 4.78 is 0. The molecule has 1 aliphatic heterocycles. The molecular formula is C21H24N4O. The van der Waals surface area contributed by atoms with E-state index >= 15 is 0 Å². The topological polar surface area (TPSA) is 79.8 Å². The smallest absolute Gasteiger partial charge is 0.220 e. The molecule has 3 rings (SSSR count).